The molecule has 274 valence electrons. The number of rotatable bonds is 11. The maximum atomic E-state index is 13.7. The third-order valence-corrected chi connectivity index (χ3v) is 9.42. The van der Waals surface area contributed by atoms with Gasteiger partial charge >= 0.3 is 16.6 Å². The Hall–Kier alpha value is -5.47. The molecule has 5 rings (SSSR count). The van der Waals surface area contributed by atoms with E-state index in [9.17, 15) is 35.5 Å². The number of nitrogens with two attached hydrogens (primary N) is 1. The number of aliphatic carboxylic acids is 1. The Morgan fingerprint density at radius 3 is 2.15 bits per heavy atom. The standard InChI is InChI=1S/C33H31N3O10S2.O3S/c1-36(16-4-7-31(37)38)33(39)24-6-3-2-5-23(24)32-25-13-10-21(34)17-28(25)46-29-19-27(30(18-26(29)32)48(43,44)45)35-15-14-20-8-11-22(12-9-20)47(40,41)42;1-4(2)3/h2-3,5-6,8-13,17-19H,4,7,14-16,34H2,1H3,(H,37,38)(H,40,41,42)(H,43,44,45);. The number of benzene rings is 4. The molecule has 1 amide bonds. The number of amides is 1. The second-order valence-electron chi connectivity index (χ2n) is 11.2. The summed E-state index contributed by atoms with van der Waals surface area (Å²) < 4.78 is 99.1. The minimum atomic E-state index is -4.83. The van der Waals surface area contributed by atoms with Gasteiger partial charge in [-0.05, 0) is 60.4 Å². The van der Waals surface area contributed by atoms with Gasteiger partial charge in [-0.15, -0.1) is 12.6 Å². The highest BCUT2D eigenvalue weighted by Crippen LogP contribution is 2.42. The fourth-order valence-electron chi connectivity index (χ4n) is 5.34. The third-order valence-electron chi connectivity index (χ3n) is 7.66. The maximum Gasteiger partial charge on any atom is 0.425 e. The zero-order valence-electron chi connectivity index (χ0n) is 27.2. The summed E-state index contributed by atoms with van der Waals surface area (Å²) in [6.45, 7) is 0.224. The van der Waals surface area contributed by atoms with E-state index in [1.54, 1.807) is 49.5 Å². The van der Waals surface area contributed by atoms with Crippen LogP contribution in [0.5, 0.6) is 0 Å². The molecule has 0 saturated heterocycles. The quantitative estimate of drug-likeness (QED) is 0.0852. The van der Waals surface area contributed by atoms with Crippen molar-refractivity contribution in [2.45, 2.75) is 29.1 Å². The Morgan fingerprint density at radius 1 is 0.885 bits per heavy atom. The molecular formula is C33H31N3O13S3. The Labute approximate surface area is 298 Å². The highest BCUT2D eigenvalue weighted by atomic mass is 32.2. The van der Waals surface area contributed by atoms with Crippen molar-refractivity contribution in [3.63, 3.8) is 0 Å². The summed E-state index contributed by atoms with van der Waals surface area (Å²) in [5.74, 6) is -1.18. The van der Waals surface area contributed by atoms with E-state index in [-0.39, 0.29) is 65.4 Å². The van der Waals surface area contributed by atoms with E-state index >= 15 is 0 Å². The zero-order chi connectivity index (χ0) is 38.4. The minimum absolute atomic E-state index is 0.0399. The van der Waals surface area contributed by atoms with Gasteiger partial charge in [0.05, 0.1) is 10.3 Å². The molecule has 0 bridgehead atoms. The van der Waals surface area contributed by atoms with Gasteiger partial charge in [0, 0.05) is 66.5 Å². The first-order valence-corrected chi connectivity index (χ1v) is 18.9. The minimum Gasteiger partial charge on any atom is -0.481 e. The van der Waals surface area contributed by atoms with Gasteiger partial charge in [0.1, 0.15) is 16.2 Å². The molecule has 1 heterocycles. The van der Waals surface area contributed by atoms with E-state index in [0.29, 0.717) is 33.3 Å². The summed E-state index contributed by atoms with van der Waals surface area (Å²) in [6.07, 6.45) is 0.401. The lowest BCUT2D eigenvalue weighted by molar-refractivity contribution is -0.137. The van der Waals surface area contributed by atoms with Crippen molar-refractivity contribution >= 4 is 59.4 Å². The molecule has 0 unspecified atom stereocenters. The first kappa shape index (κ1) is 39.3. The van der Waals surface area contributed by atoms with Gasteiger partial charge in [-0.1, -0.05) is 30.3 Å². The van der Waals surface area contributed by atoms with Crippen LogP contribution in [-0.4, -0.2) is 80.6 Å². The van der Waals surface area contributed by atoms with Crippen LogP contribution >= 0.6 is 0 Å². The molecule has 0 aromatic heterocycles. The van der Waals surface area contributed by atoms with E-state index < -0.39 is 41.7 Å². The number of carbonyl (C=O) groups excluding carboxylic acids is 1. The molecule has 1 aliphatic carbocycles. The number of hydrogen-bond donors (Lipinski definition) is 4. The zero-order valence-corrected chi connectivity index (χ0v) is 29.6. The number of hydrogen-bond acceptors (Lipinski definition) is 12. The second-order valence-corrected chi connectivity index (χ2v) is 14.5. The van der Waals surface area contributed by atoms with E-state index in [1.165, 1.54) is 41.3 Å². The van der Waals surface area contributed by atoms with Crippen LogP contribution in [0.4, 0.5) is 5.69 Å². The van der Waals surface area contributed by atoms with Crippen molar-refractivity contribution in [3.05, 3.63) is 95.3 Å². The van der Waals surface area contributed by atoms with Gasteiger partial charge in [0.2, 0.25) is 0 Å². The average Bonchev–Trinajstić information content (AvgIpc) is 3.05. The molecule has 3 aromatic carbocycles. The highest BCUT2D eigenvalue weighted by molar-refractivity contribution is 7.86. The fraction of sp³-hybridized carbons (Fsp3) is 0.182. The lowest BCUT2D eigenvalue weighted by atomic mass is 9.90. The lowest BCUT2D eigenvalue weighted by Gasteiger charge is -2.21. The van der Waals surface area contributed by atoms with Gasteiger partial charge in [0.15, 0.2) is 0 Å². The highest BCUT2D eigenvalue weighted by Gasteiger charge is 2.26. The summed E-state index contributed by atoms with van der Waals surface area (Å²) >= 11 is 0. The van der Waals surface area contributed by atoms with Crippen LogP contribution in [0.1, 0.15) is 28.8 Å². The summed E-state index contributed by atoms with van der Waals surface area (Å²) in [6, 6.07) is 19.6. The molecule has 0 atom stereocenters. The van der Waals surface area contributed by atoms with Crippen molar-refractivity contribution < 1.29 is 57.7 Å². The Morgan fingerprint density at radius 2 is 1.54 bits per heavy atom. The SMILES string of the molecule is CN(CCCC(=O)O)C(=O)c1ccccc1-c1c2cc(S(=O)(=O)O)c(=NCCc3ccc(S(=O)(=O)O)cc3)cc-2oc2cc(N)ccc12.O=S(=O)=O. The molecule has 16 nitrogen and oxygen atoms in total. The number of nitrogens with zero attached hydrogens (tertiary/aromatic N) is 2. The van der Waals surface area contributed by atoms with Crippen molar-refractivity contribution in [1.29, 1.82) is 0 Å². The Bertz CT molecular complexity index is 2530. The van der Waals surface area contributed by atoms with Gasteiger partial charge in [0.25, 0.3) is 26.1 Å². The number of fused-ring (bicyclic) bond motifs is 2. The van der Waals surface area contributed by atoms with Crippen LogP contribution in [0, 0.1) is 0 Å². The predicted molar refractivity (Wildman–Crippen MR) is 186 cm³/mol. The summed E-state index contributed by atoms with van der Waals surface area (Å²) in [4.78, 5) is 29.7. The largest absolute Gasteiger partial charge is 0.481 e. The van der Waals surface area contributed by atoms with Crippen molar-refractivity contribution in [2.75, 3.05) is 25.9 Å². The van der Waals surface area contributed by atoms with E-state index in [0.717, 1.165) is 0 Å². The van der Waals surface area contributed by atoms with Crippen molar-refractivity contribution in [3.8, 4) is 22.5 Å². The van der Waals surface area contributed by atoms with Crippen LogP contribution in [0.15, 0.2) is 98.1 Å². The van der Waals surface area contributed by atoms with E-state index in [1.807, 2.05) is 0 Å². The first-order chi connectivity index (χ1) is 24.4. The molecule has 5 N–H and O–H groups in total. The number of carboxylic acid groups (broad SMARTS) is 1. The van der Waals surface area contributed by atoms with Gasteiger partial charge in [-0.25, -0.2) is 0 Å². The average molecular weight is 774 g/mol. The summed E-state index contributed by atoms with van der Waals surface area (Å²) in [5, 5.41) is 9.42. The number of nitrogen functional groups attached to an aromatic ring is 1. The molecule has 52 heavy (non-hydrogen) atoms. The third kappa shape index (κ3) is 9.86. The van der Waals surface area contributed by atoms with Crippen LogP contribution in [0.3, 0.4) is 0 Å². The maximum absolute atomic E-state index is 13.7. The van der Waals surface area contributed by atoms with Crippen molar-refractivity contribution in [1.82, 2.24) is 4.90 Å². The van der Waals surface area contributed by atoms with Gasteiger partial charge in [-0.3, -0.25) is 23.7 Å². The Balaban J connectivity index is 0.00000144. The second kappa shape index (κ2) is 16.3. The fourth-order valence-corrected chi connectivity index (χ4v) is 6.47. The molecule has 0 fully saturated rings. The summed E-state index contributed by atoms with van der Waals surface area (Å²) in [7, 11) is -10.7. The molecule has 0 spiro atoms. The normalized spacial score (nSPS) is 11.9. The predicted octanol–water partition coefficient (Wildman–Crippen LogP) is 3.36. The molecular weight excluding hydrogens is 743 g/mol. The van der Waals surface area contributed by atoms with Crippen LogP contribution in [0.2, 0.25) is 0 Å². The van der Waals surface area contributed by atoms with Crippen LogP contribution < -0.4 is 11.1 Å². The number of anilines is 1. The molecule has 2 aliphatic rings. The van der Waals surface area contributed by atoms with Gasteiger partial charge < -0.3 is 20.2 Å². The lowest BCUT2D eigenvalue weighted by Crippen LogP contribution is -2.28. The number of carboxylic acids is 1. The van der Waals surface area contributed by atoms with Crippen LogP contribution in [0.25, 0.3) is 33.4 Å². The van der Waals surface area contributed by atoms with Crippen LogP contribution in [-0.2, 0) is 42.1 Å². The first-order valence-electron chi connectivity index (χ1n) is 15.0. The monoisotopic (exact) mass is 773 g/mol. The number of carbonyl (C=O) groups is 2. The topological polar surface area (TPSA) is 269 Å². The van der Waals surface area contributed by atoms with Gasteiger partial charge in [-0.2, -0.15) is 16.8 Å². The molecule has 0 radical (unpaired) electrons. The molecule has 0 saturated carbocycles. The molecule has 1 aliphatic heterocycles. The smallest absolute Gasteiger partial charge is 0.425 e. The van der Waals surface area contributed by atoms with E-state index in [2.05, 4.69) is 4.99 Å². The summed E-state index contributed by atoms with van der Waals surface area (Å²) in [5.41, 5.74) is 8.83. The van der Waals surface area contributed by atoms with Crippen molar-refractivity contribution in [2.24, 2.45) is 4.99 Å². The molecule has 3 aromatic rings. The van der Waals surface area contributed by atoms with E-state index in [4.69, 9.17) is 27.9 Å². The molecule has 19 heteroatoms. The Kier molecular flexibility index (Phi) is 12.3.